The fraction of sp³-hybridized carbons (Fsp3) is 0.471. The molecule has 0 aliphatic carbocycles. The number of nitrogens with zero attached hydrogens (tertiary/aromatic N) is 3. The average molecular weight is 380 g/mol. The highest BCUT2D eigenvalue weighted by Crippen LogP contribution is 2.36. The number of hydrogen-bond donors (Lipinski definition) is 1. The summed E-state index contributed by atoms with van der Waals surface area (Å²) in [5, 5.41) is 13.4. The number of carbonyl (C=O) groups excluding carboxylic acids is 2. The molecule has 1 aromatic carbocycles. The summed E-state index contributed by atoms with van der Waals surface area (Å²) in [5.74, 6) is -1.31. The number of nitro benzene ring substituents is 1. The normalized spacial score (nSPS) is 20.1. The minimum atomic E-state index is -1.43. The van der Waals surface area contributed by atoms with Crippen molar-refractivity contribution >= 4 is 23.6 Å². The van der Waals surface area contributed by atoms with Gasteiger partial charge >= 0.3 is 6.09 Å². The molecule has 1 N–H and O–H groups in total. The van der Waals surface area contributed by atoms with Crippen LogP contribution in [0.2, 0.25) is 0 Å². The second kappa shape index (κ2) is 6.93. The zero-order chi connectivity index (χ0) is 20.6. The van der Waals surface area contributed by atoms with Gasteiger partial charge in [0.05, 0.1) is 16.9 Å². The number of rotatable bonds is 2. The second-order valence-corrected chi connectivity index (χ2v) is 7.39. The highest BCUT2D eigenvalue weighted by atomic mass is 19.1. The molecule has 0 saturated carbocycles. The van der Waals surface area contributed by atoms with E-state index in [-0.39, 0.29) is 23.6 Å². The van der Waals surface area contributed by atoms with Gasteiger partial charge in [-0.2, -0.15) is 0 Å². The lowest BCUT2D eigenvalue weighted by Crippen LogP contribution is -2.52. The molecule has 1 aromatic rings. The zero-order valence-electron chi connectivity index (χ0n) is 15.7. The topological polar surface area (TPSA) is 114 Å². The molecular formula is C17H21FN4O5. The Hall–Kier alpha value is -3.04. The fourth-order valence-corrected chi connectivity index (χ4v) is 2.58. The number of hydrogen-bond acceptors (Lipinski definition) is 6. The van der Waals surface area contributed by atoms with Crippen LogP contribution in [0, 0.1) is 15.9 Å². The van der Waals surface area contributed by atoms with Crippen molar-refractivity contribution < 1.29 is 23.6 Å². The van der Waals surface area contributed by atoms with Crippen LogP contribution in [-0.2, 0) is 15.1 Å². The Balaban J connectivity index is 2.45. The highest BCUT2D eigenvalue weighted by Gasteiger charge is 2.40. The van der Waals surface area contributed by atoms with E-state index < -0.39 is 33.9 Å². The maximum absolute atomic E-state index is 14.4. The van der Waals surface area contributed by atoms with Gasteiger partial charge < -0.3 is 4.74 Å². The van der Waals surface area contributed by atoms with Gasteiger partial charge in [0.15, 0.2) is 0 Å². The summed E-state index contributed by atoms with van der Waals surface area (Å²) in [4.78, 5) is 40.2. The number of non-ortho nitro benzene ring substituents is 1. The van der Waals surface area contributed by atoms with Gasteiger partial charge in [-0.25, -0.2) is 14.2 Å². The zero-order valence-corrected chi connectivity index (χ0v) is 15.7. The van der Waals surface area contributed by atoms with E-state index in [1.807, 2.05) is 0 Å². The predicted molar refractivity (Wildman–Crippen MR) is 94.6 cm³/mol. The summed E-state index contributed by atoms with van der Waals surface area (Å²) in [7, 11) is 1.40. The minimum absolute atomic E-state index is 0.110. The Labute approximate surface area is 155 Å². The molecule has 1 aliphatic rings. The van der Waals surface area contributed by atoms with Crippen LogP contribution >= 0.6 is 0 Å². The van der Waals surface area contributed by atoms with Crippen LogP contribution in [-0.4, -0.2) is 40.4 Å². The summed E-state index contributed by atoms with van der Waals surface area (Å²) in [6.45, 7) is 6.49. The summed E-state index contributed by atoms with van der Waals surface area (Å²) in [5.41, 5.74) is -2.63. The van der Waals surface area contributed by atoms with E-state index in [1.165, 1.54) is 14.0 Å². The van der Waals surface area contributed by atoms with Gasteiger partial charge in [0.1, 0.15) is 11.4 Å². The Morgan fingerprint density at radius 1 is 1.44 bits per heavy atom. The number of carbonyl (C=O) groups is 2. The van der Waals surface area contributed by atoms with Gasteiger partial charge in [-0.1, -0.05) is 0 Å². The van der Waals surface area contributed by atoms with E-state index in [4.69, 9.17) is 4.74 Å². The van der Waals surface area contributed by atoms with Crippen LogP contribution in [0.1, 0.15) is 39.7 Å². The number of alkyl carbamates (subject to hydrolysis) is 1. The third-order valence-corrected chi connectivity index (χ3v) is 3.89. The second-order valence-electron chi connectivity index (χ2n) is 7.39. The van der Waals surface area contributed by atoms with Crippen LogP contribution < -0.4 is 5.32 Å². The molecular weight excluding hydrogens is 359 g/mol. The molecule has 9 nitrogen and oxygen atoms in total. The van der Waals surface area contributed by atoms with E-state index >= 15 is 0 Å². The van der Waals surface area contributed by atoms with E-state index in [0.29, 0.717) is 0 Å². The molecule has 0 spiro atoms. The quantitative estimate of drug-likeness (QED) is 0.626. The van der Waals surface area contributed by atoms with Crippen molar-refractivity contribution in [1.29, 1.82) is 0 Å². The predicted octanol–water partition coefficient (Wildman–Crippen LogP) is 2.69. The number of nitro groups is 1. The van der Waals surface area contributed by atoms with Gasteiger partial charge in [0, 0.05) is 24.7 Å². The van der Waals surface area contributed by atoms with Crippen molar-refractivity contribution in [2.45, 2.75) is 45.3 Å². The van der Waals surface area contributed by atoms with E-state index in [9.17, 15) is 24.1 Å². The van der Waals surface area contributed by atoms with E-state index in [2.05, 4.69) is 10.3 Å². The van der Waals surface area contributed by atoms with Gasteiger partial charge in [0.2, 0.25) is 11.9 Å². The largest absolute Gasteiger partial charge is 0.444 e. The third kappa shape index (κ3) is 4.57. The molecule has 0 aromatic heterocycles. The van der Waals surface area contributed by atoms with Crippen LogP contribution in [0.25, 0.3) is 0 Å². The minimum Gasteiger partial charge on any atom is -0.444 e. The number of halogens is 1. The first-order chi connectivity index (χ1) is 12.3. The van der Waals surface area contributed by atoms with Crippen LogP contribution in [0.4, 0.5) is 14.9 Å². The summed E-state index contributed by atoms with van der Waals surface area (Å²) < 4.78 is 19.5. The van der Waals surface area contributed by atoms with Crippen molar-refractivity contribution in [2.75, 3.05) is 7.05 Å². The number of aliphatic imine (C=N–C) groups is 1. The Kier molecular flexibility index (Phi) is 5.21. The van der Waals surface area contributed by atoms with E-state index in [1.54, 1.807) is 20.8 Å². The molecule has 2 rings (SSSR count). The summed E-state index contributed by atoms with van der Waals surface area (Å²) in [6.07, 6.45) is -1.05. The van der Waals surface area contributed by atoms with Gasteiger partial charge in [-0.15, -0.1) is 0 Å². The standard InChI is InChI=1S/C17H21FN4O5/c1-16(2,3)27-15(24)19-14-20-17(4,9-13(23)21(14)5)11-8-10(22(25)26)6-7-12(11)18/h6-8H,9H2,1-5H3,(H,19,20,24). The molecule has 27 heavy (non-hydrogen) atoms. The molecule has 0 radical (unpaired) electrons. The Bertz CT molecular complexity index is 833. The lowest BCUT2D eigenvalue weighted by molar-refractivity contribution is -0.385. The van der Waals surface area contributed by atoms with E-state index in [0.717, 1.165) is 23.1 Å². The third-order valence-electron chi connectivity index (χ3n) is 3.89. The van der Waals surface area contributed by atoms with Crippen molar-refractivity contribution in [3.8, 4) is 0 Å². The lowest BCUT2D eigenvalue weighted by atomic mass is 9.87. The van der Waals surface area contributed by atoms with Crippen molar-refractivity contribution in [2.24, 2.45) is 4.99 Å². The molecule has 1 atom stereocenters. The number of benzene rings is 1. The number of ether oxygens (including phenoxy) is 1. The molecule has 0 saturated heterocycles. The molecule has 10 heteroatoms. The molecule has 146 valence electrons. The molecule has 2 amide bonds. The van der Waals surface area contributed by atoms with Crippen LogP contribution in [0.5, 0.6) is 0 Å². The van der Waals surface area contributed by atoms with Gasteiger partial charge in [-0.05, 0) is 33.8 Å². The van der Waals surface area contributed by atoms with Gasteiger partial charge in [-0.3, -0.25) is 25.1 Å². The highest BCUT2D eigenvalue weighted by molar-refractivity contribution is 6.04. The maximum atomic E-state index is 14.4. The smallest absolute Gasteiger partial charge is 0.414 e. The van der Waals surface area contributed by atoms with Crippen LogP contribution in [0.3, 0.4) is 0 Å². The summed E-state index contributed by atoms with van der Waals surface area (Å²) in [6, 6.07) is 3.03. The number of nitrogens with one attached hydrogen (secondary N) is 1. The first-order valence-corrected chi connectivity index (χ1v) is 8.13. The molecule has 1 unspecified atom stereocenters. The fourth-order valence-electron chi connectivity index (χ4n) is 2.58. The van der Waals surface area contributed by atoms with Gasteiger partial charge in [0.25, 0.3) is 5.69 Å². The average Bonchev–Trinajstić information content (AvgIpc) is 2.50. The molecule has 0 bridgehead atoms. The summed E-state index contributed by atoms with van der Waals surface area (Å²) >= 11 is 0. The first-order valence-electron chi connectivity index (χ1n) is 8.13. The SMILES string of the molecule is CN1C(=O)CC(C)(c2cc([N+](=O)[O-])ccc2F)N=C1NC(=O)OC(C)(C)C. The molecule has 1 heterocycles. The molecule has 1 aliphatic heterocycles. The first kappa shape index (κ1) is 20.3. The van der Waals surface area contributed by atoms with Crippen molar-refractivity contribution in [1.82, 2.24) is 10.2 Å². The monoisotopic (exact) mass is 380 g/mol. The Morgan fingerprint density at radius 3 is 2.63 bits per heavy atom. The lowest BCUT2D eigenvalue weighted by Gasteiger charge is -2.35. The van der Waals surface area contributed by atoms with Crippen LogP contribution in [0.15, 0.2) is 23.2 Å². The molecule has 0 fully saturated rings. The van der Waals surface area contributed by atoms with Crippen molar-refractivity contribution in [3.63, 3.8) is 0 Å². The maximum Gasteiger partial charge on any atom is 0.414 e. The number of guanidine groups is 1. The van der Waals surface area contributed by atoms with Crippen molar-refractivity contribution in [3.05, 3.63) is 39.7 Å². The Morgan fingerprint density at radius 2 is 2.07 bits per heavy atom. The number of amides is 2.